The van der Waals surface area contributed by atoms with Crippen LogP contribution in [0.4, 0.5) is 10.1 Å². The molecule has 0 unspecified atom stereocenters. The van der Waals surface area contributed by atoms with E-state index in [1.807, 2.05) is 0 Å². The fourth-order valence-electron chi connectivity index (χ4n) is 5.05. The molecule has 3 heterocycles. The molecular weight excluding hydrogens is 613 g/mol. The predicted molar refractivity (Wildman–Crippen MR) is 153 cm³/mol. The van der Waals surface area contributed by atoms with Crippen molar-refractivity contribution in [3.05, 3.63) is 39.3 Å². The van der Waals surface area contributed by atoms with E-state index in [9.17, 15) is 27.2 Å². The number of hydrogen-bond donors (Lipinski definition) is 2. The summed E-state index contributed by atoms with van der Waals surface area (Å²) in [5.74, 6) is -2.74. The first kappa shape index (κ1) is 30.6. The Labute approximate surface area is 251 Å². The monoisotopic (exact) mass is 643 g/mol. The van der Waals surface area contributed by atoms with Gasteiger partial charge in [-0.3, -0.25) is 19.3 Å². The van der Waals surface area contributed by atoms with Gasteiger partial charge in [0.2, 0.25) is 15.9 Å². The number of halogens is 2. The summed E-state index contributed by atoms with van der Waals surface area (Å²) in [6.07, 6.45) is 2.26. The van der Waals surface area contributed by atoms with Crippen LogP contribution >= 0.6 is 22.9 Å². The number of benzene rings is 1. The summed E-state index contributed by atoms with van der Waals surface area (Å²) < 4.78 is 55.6. The Bertz CT molecular complexity index is 1460. The molecule has 1 aromatic carbocycles. The third-order valence-electron chi connectivity index (χ3n) is 7.32. The number of carbonyl (C=O) groups is 3. The summed E-state index contributed by atoms with van der Waals surface area (Å²) in [5.41, 5.74) is -0.0758. The van der Waals surface area contributed by atoms with E-state index in [0.717, 1.165) is 36.3 Å². The van der Waals surface area contributed by atoms with Gasteiger partial charge in [-0.1, -0.05) is 11.6 Å². The Morgan fingerprint density at radius 2 is 1.93 bits per heavy atom. The second kappa shape index (κ2) is 12.8. The molecule has 3 amide bonds. The molecule has 3 fully saturated rings. The van der Waals surface area contributed by atoms with Crippen molar-refractivity contribution < 1.29 is 36.7 Å². The lowest BCUT2D eigenvalue weighted by molar-refractivity contribution is -0.134. The van der Waals surface area contributed by atoms with Crippen molar-refractivity contribution in [2.75, 3.05) is 64.5 Å². The van der Waals surface area contributed by atoms with Crippen molar-refractivity contribution in [2.24, 2.45) is 0 Å². The van der Waals surface area contributed by atoms with Gasteiger partial charge in [-0.2, -0.15) is 4.72 Å². The number of amides is 3. The first-order valence-corrected chi connectivity index (χ1v) is 16.1. The topological polar surface area (TPSA) is 138 Å². The fourth-order valence-corrected chi connectivity index (χ4v) is 7.39. The summed E-state index contributed by atoms with van der Waals surface area (Å²) in [6, 6.07) is 3.96. The summed E-state index contributed by atoms with van der Waals surface area (Å²) >= 11 is 6.98. The summed E-state index contributed by atoms with van der Waals surface area (Å²) in [4.78, 5) is 43.6. The number of rotatable bonds is 10. The van der Waals surface area contributed by atoms with Crippen molar-refractivity contribution >= 4 is 56.4 Å². The smallest absolute Gasteiger partial charge is 0.261 e. The van der Waals surface area contributed by atoms with E-state index in [4.69, 9.17) is 21.1 Å². The van der Waals surface area contributed by atoms with Gasteiger partial charge < -0.3 is 24.6 Å². The van der Waals surface area contributed by atoms with Crippen LogP contribution in [0.25, 0.3) is 0 Å². The third-order valence-corrected chi connectivity index (χ3v) is 10.0. The minimum atomic E-state index is -4.62. The van der Waals surface area contributed by atoms with Crippen LogP contribution < -0.4 is 19.7 Å². The van der Waals surface area contributed by atoms with Gasteiger partial charge in [-0.15, -0.1) is 11.3 Å². The van der Waals surface area contributed by atoms with Gasteiger partial charge in [-0.25, -0.2) is 12.8 Å². The number of sulfonamides is 1. The number of nitrogens with one attached hydrogen (secondary N) is 2. The molecule has 2 N–H and O–H groups in total. The van der Waals surface area contributed by atoms with Gasteiger partial charge in [0.05, 0.1) is 28.6 Å². The largest absolute Gasteiger partial charge is 0.493 e. The minimum Gasteiger partial charge on any atom is -0.493 e. The van der Waals surface area contributed by atoms with E-state index in [-0.39, 0.29) is 37.7 Å². The number of hydrogen-bond acceptors (Lipinski definition) is 9. The highest BCUT2D eigenvalue weighted by Crippen LogP contribution is 2.37. The SMILES string of the molecule is COc1c(N2CCOCC2=O)cc(F)cc1S(=O)(=O)N[C@@H](CNC(=O)c1ccc(Cl)s1)C(=O)N1CCN(C2CC2)CC1. The van der Waals surface area contributed by atoms with E-state index in [1.165, 1.54) is 18.1 Å². The van der Waals surface area contributed by atoms with Crippen molar-refractivity contribution in [1.82, 2.24) is 19.8 Å². The molecule has 2 aliphatic heterocycles. The van der Waals surface area contributed by atoms with E-state index in [0.29, 0.717) is 41.4 Å². The fraction of sp³-hybridized carbons (Fsp3) is 0.500. The number of carbonyl (C=O) groups excluding carboxylic acids is 3. The first-order valence-electron chi connectivity index (χ1n) is 13.4. The number of thiophene rings is 1. The third kappa shape index (κ3) is 6.87. The molecular formula is C26H31ClFN5O7S2. The van der Waals surface area contributed by atoms with Crippen LogP contribution in [0.5, 0.6) is 5.75 Å². The van der Waals surface area contributed by atoms with Crippen molar-refractivity contribution in [1.29, 1.82) is 0 Å². The Balaban J connectivity index is 1.41. The minimum absolute atomic E-state index is 0.0677. The van der Waals surface area contributed by atoms with E-state index < -0.39 is 44.5 Å². The molecule has 0 radical (unpaired) electrons. The zero-order valence-electron chi connectivity index (χ0n) is 22.8. The lowest BCUT2D eigenvalue weighted by Crippen LogP contribution is -2.58. The molecule has 1 aliphatic carbocycles. The van der Waals surface area contributed by atoms with E-state index >= 15 is 0 Å². The van der Waals surface area contributed by atoms with Crippen LogP contribution in [0, 0.1) is 5.82 Å². The van der Waals surface area contributed by atoms with Gasteiger partial charge in [0, 0.05) is 51.4 Å². The molecule has 5 rings (SSSR count). The number of piperazine rings is 1. The highest BCUT2D eigenvalue weighted by Gasteiger charge is 2.37. The predicted octanol–water partition coefficient (Wildman–Crippen LogP) is 1.30. The van der Waals surface area contributed by atoms with Crippen LogP contribution in [0.1, 0.15) is 22.5 Å². The summed E-state index contributed by atoms with van der Waals surface area (Å²) in [5, 5.41) is 2.61. The molecule has 2 saturated heterocycles. The molecule has 16 heteroatoms. The molecule has 228 valence electrons. The lowest BCUT2D eigenvalue weighted by Gasteiger charge is -2.36. The van der Waals surface area contributed by atoms with Crippen molar-refractivity contribution in [3.63, 3.8) is 0 Å². The zero-order chi connectivity index (χ0) is 30.0. The second-order valence-corrected chi connectivity index (χ2v) is 13.5. The maximum Gasteiger partial charge on any atom is 0.261 e. The molecule has 3 aliphatic rings. The Morgan fingerprint density at radius 1 is 1.19 bits per heavy atom. The maximum atomic E-state index is 14.8. The van der Waals surface area contributed by atoms with E-state index in [1.54, 1.807) is 11.0 Å². The summed E-state index contributed by atoms with van der Waals surface area (Å²) in [7, 11) is -3.42. The number of morpholine rings is 1. The average molecular weight is 644 g/mol. The molecule has 1 saturated carbocycles. The second-order valence-electron chi connectivity index (χ2n) is 10.1. The van der Waals surface area contributed by atoms with Gasteiger partial charge in [0.1, 0.15) is 23.4 Å². The molecule has 2 aromatic rings. The lowest BCUT2D eigenvalue weighted by atomic mass is 10.2. The van der Waals surface area contributed by atoms with Crippen LogP contribution in [-0.4, -0.2) is 108 Å². The number of nitrogens with zero attached hydrogens (tertiary/aromatic N) is 3. The highest BCUT2D eigenvalue weighted by molar-refractivity contribution is 7.89. The number of methoxy groups -OCH3 is 1. The van der Waals surface area contributed by atoms with Crippen molar-refractivity contribution in [2.45, 2.75) is 29.8 Å². The van der Waals surface area contributed by atoms with Crippen LogP contribution in [0.2, 0.25) is 4.34 Å². The Kier molecular flexibility index (Phi) is 9.34. The van der Waals surface area contributed by atoms with Crippen LogP contribution in [0.3, 0.4) is 0 Å². The number of ether oxygens (including phenoxy) is 2. The van der Waals surface area contributed by atoms with Gasteiger partial charge in [0.25, 0.3) is 11.8 Å². The number of anilines is 1. The van der Waals surface area contributed by atoms with Gasteiger partial charge in [0.15, 0.2) is 5.75 Å². The normalized spacial score (nSPS) is 19.1. The van der Waals surface area contributed by atoms with Gasteiger partial charge in [-0.05, 0) is 31.0 Å². The summed E-state index contributed by atoms with van der Waals surface area (Å²) in [6.45, 7) is 1.73. The Morgan fingerprint density at radius 3 is 2.55 bits per heavy atom. The zero-order valence-corrected chi connectivity index (χ0v) is 25.2. The first-order chi connectivity index (χ1) is 20.1. The molecule has 1 aromatic heterocycles. The van der Waals surface area contributed by atoms with Crippen molar-refractivity contribution in [3.8, 4) is 5.75 Å². The molecule has 0 bridgehead atoms. The standard InChI is InChI=1S/C26H31ClFN5O7S2/c1-39-24-19(33-10-11-40-15-23(33)34)12-16(28)13-21(24)42(37,38)30-18(14-29-25(35)20-4-5-22(27)41-20)26(36)32-8-6-31(7-9-32)17-2-3-17/h4-5,12-13,17-18,30H,2-3,6-11,14-15H2,1H3,(H,29,35)/t18-/m0/s1. The maximum absolute atomic E-state index is 14.8. The molecule has 12 nitrogen and oxygen atoms in total. The molecule has 1 atom stereocenters. The van der Waals surface area contributed by atoms with E-state index in [2.05, 4.69) is 14.9 Å². The van der Waals surface area contributed by atoms with Crippen LogP contribution in [-0.2, 0) is 24.3 Å². The highest BCUT2D eigenvalue weighted by atomic mass is 35.5. The van der Waals surface area contributed by atoms with Crippen LogP contribution in [0.15, 0.2) is 29.2 Å². The molecule has 42 heavy (non-hydrogen) atoms. The Hall–Kier alpha value is -2.82. The quantitative estimate of drug-likeness (QED) is 0.395. The van der Waals surface area contributed by atoms with Gasteiger partial charge >= 0.3 is 0 Å². The average Bonchev–Trinajstić information content (AvgIpc) is 3.74. The molecule has 0 spiro atoms.